The number of aryl methyl sites for hydroxylation is 1. The van der Waals surface area contributed by atoms with Gasteiger partial charge in [-0.05, 0) is 24.1 Å². The molecule has 1 aromatic carbocycles. The van der Waals surface area contributed by atoms with Gasteiger partial charge in [-0.1, -0.05) is 13.0 Å². The van der Waals surface area contributed by atoms with Crippen molar-refractivity contribution in [1.82, 2.24) is 5.32 Å². The highest BCUT2D eigenvalue weighted by molar-refractivity contribution is 5.96. The van der Waals surface area contributed by atoms with E-state index in [2.05, 4.69) is 5.32 Å². The van der Waals surface area contributed by atoms with E-state index in [1.165, 1.54) is 0 Å². The standard InChI is InChI=1S/C10H14N2O/c1-3-7-4-5-8(11)6-9(7)10(13)12-2/h4-6H,3,11H2,1-2H3,(H,12,13). The molecule has 0 heterocycles. The lowest BCUT2D eigenvalue weighted by molar-refractivity contribution is 0.0962. The SMILES string of the molecule is CCc1ccc(N)cc1C(=O)NC. The molecule has 0 atom stereocenters. The molecule has 3 N–H and O–H groups in total. The molecule has 0 saturated heterocycles. The van der Waals surface area contributed by atoms with Crippen molar-refractivity contribution in [3.05, 3.63) is 29.3 Å². The highest BCUT2D eigenvalue weighted by Gasteiger charge is 2.08. The summed E-state index contributed by atoms with van der Waals surface area (Å²) in [6.07, 6.45) is 0.836. The van der Waals surface area contributed by atoms with Crippen molar-refractivity contribution in [2.75, 3.05) is 12.8 Å². The van der Waals surface area contributed by atoms with Gasteiger partial charge >= 0.3 is 0 Å². The molecule has 0 fully saturated rings. The Morgan fingerprint density at radius 3 is 2.77 bits per heavy atom. The van der Waals surface area contributed by atoms with Gasteiger partial charge in [-0.2, -0.15) is 0 Å². The molecular formula is C10H14N2O. The van der Waals surface area contributed by atoms with Crippen molar-refractivity contribution in [3.63, 3.8) is 0 Å². The molecule has 0 aliphatic rings. The Labute approximate surface area is 77.9 Å². The summed E-state index contributed by atoms with van der Waals surface area (Å²) in [5, 5.41) is 2.59. The van der Waals surface area contributed by atoms with E-state index in [1.807, 2.05) is 19.1 Å². The summed E-state index contributed by atoms with van der Waals surface area (Å²) in [4.78, 5) is 11.4. The number of amides is 1. The van der Waals surface area contributed by atoms with E-state index in [4.69, 9.17) is 5.73 Å². The van der Waals surface area contributed by atoms with Crippen LogP contribution in [0.5, 0.6) is 0 Å². The number of hydrogen-bond acceptors (Lipinski definition) is 2. The normalized spacial score (nSPS) is 9.69. The van der Waals surface area contributed by atoms with Crippen molar-refractivity contribution >= 4 is 11.6 Å². The van der Waals surface area contributed by atoms with E-state index in [-0.39, 0.29) is 5.91 Å². The monoisotopic (exact) mass is 178 g/mol. The average Bonchev–Trinajstić information content (AvgIpc) is 2.16. The topological polar surface area (TPSA) is 55.1 Å². The molecule has 0 bridgehead atoms. The molecule has 0 radical (unpaired) electrons. The van der Waals surface area contributed by atoms with Crippen molar-refractivity contribution in [3.8, 4) is 0 Å². The van der Waals surface area contributed by atoms with Crippen molar-refractivity contribution in [2.24, 2.45) is 0 Å². The van der Waals surface area contributed by atoms with Crippen LogP contribution >= 0.6 is 0 Å². The van der Waals surface area contributed by atoms with Crippen LogP contribution in [0.4, 0.5) is 5.69 Å². The summed E-state index contributed by atoms with van der Waals surface area (Å²) < 4.78 is 0. The van der Waals surface area contributed by atoms with Gasteiger partial charge in [0, 0.05) is 18.3 Å². The maximum absolute atomic E-state index is 11.4. The number of nitrogens with two attached hydrogens (primary N) is 1. The molecule has 70 valence electrons. The molecule has 0 unspecified atom stereocenters. The van der Waals surface area contributed by atoms with Gasteiger partial charge in [0.25, 0.3) is 5.91 Å². The molecule has 1 amide bonds. The molecule has 0 aliphatic heterocycles. The first-order valence-electron chi connectivity index (χ1n) is 4.29. The third-order valence-electron chi connectivity index (χ3n) is 1.99. The first-order valence-corrected chi connectivity index (χ1v) is 4.29. The minimum Gasteiger partial charge on any atom is -0.399 e. The lowest BCUT2D eigenvalue weighted by atomic mass is 10.0. The van der Waals surface area contributed by atoms with Crippen LogP contribution in [0.25, 0.3) is 0 Å². The fourth-order valence-corrected chi connectivity index (χ4v) is 1.25. The zero-order valence-electron chi connectivity index (χ0n) is 7.92. The number of hydrogen-bond donors (Lipinski definition) is 2. The van der Waals surface area contributed by atoms with Crippen molar-refractivity contribution < 1.29 is 4.79 Å². The summed E-state index contributed by atoms with van der Waals surface area (Å²) in [6, 6.07) is 5.41. The predicted octanol–water partition coefficient (Wildman–Crippen LogP) is 1.19. The lowest BCUT2D eigenvalue weighted by Crippen LogP contribution is -2.19. The molecule has 0 aliphatic carbocycles. The number of anilines is 1. The van der Waals surface area contributed by atoms with Gasteiger partial charge in [-0.15, -0.1) is 0 Å². The molecule has 0 aromatic heterocycles. The van der Waals surface area contributed by atoms with Crippen LogP contribution in [0.3, 0.4) is 0 Å². The van der Waals surface area contributed by atoms with Crippen molar-refractivity contribution in [2.45, 2.75) is 13.3 Å². The van der Waals surface area contributed by atoms with Crippen LogP contribution in [-0.4, -0.2) is 13.0 Å². The number of nitrogen functional groups attached to an aromatic ring is 1. The Morgan fingerprint density at radius 2 is 2.23 bits per heavy atom. The van der Waals surface area contributed by atoms with Gasteiger partial charge in [-0.25, -0.2) is 0 Å². The zero-order chi connectivity index (χ0) is 9.84. The molecule has 0 spiro atoms. The van der Waals surface area contributed by atoms with Crippen LogP contribution in [0.1, 0.15) is 22.8 Å². The van der Waals surface area contributed by atoms with Crippen molar-refractivity contribution in [1.29, 1.82) is 0 Å². The molecule has 1 aromatic rings. The smallest absolute Gasteiger partial charge is 0.251 e. The number of carbonyl (C=O) groups excluding carboxylic acids is 1. The molecule has 3 heteroatoms. The summed E-state index contributed by atoms with van der Waals surface area (Å²) >= 11 is 0. The number of benzene rings is 1. The van der Waals surface area contributed by atoms with Gasteiger partial charge in [0.1, 0.15) is 0 Å². The predicted molar refractivity (Wildman–Crippen MR) is 53.6 cm³/mol. The number of carbonyl (C=O) groups is 1. The minimum atomic E-state index is -0.0795. The molecule has 1 rings (SSSR count). The largest absolute Gasteiger partial charge is 0.399 e. The Hall–Kier alpha value is -1.51. The minimum absolute atomic E-state index is 0.0795. The Morgan fingerprint density at radius 1 is 1.54 bits per heavy atom. The molecule has 13 heavy (non-hydrogen) atoms. The number of rotatable bonds is 2. The summed E-state index contributed by atoms with van der Waals surface area (Å²) in [5.74, 6) is -0.0795. The van der Waals surface area contributed by atoms with E-state index in [0.717, 1.165) is 12.0 Å². The second-order valence-electron chi connectivity index (χ2n) is 2.85. The third kappa shape index (κ3) is 1.99. The Bertz CT molecular complexity index is 321. The first kappa shape index (κ1) is 9.58. The molecule has 3 nitrogen and oxygen atoms in total. The van der Waals surface area contributed by atoms with Crippen LogP contribution in [-0.2, 0) is 6.42 Å². The Balaban J connectivity index is 3.15. The van der Waals surface area contributed by atoms with E-state index < -0.39 is 0 Å². The molecular weight excluding hydrogens is 164 g/mol. The van der Waals surface area contributed by atoms with Gasteiger partial charge < -0.3 is 11.1 Å². The van der Waals surface area contributed by atoms with E-state index in [1.54, 1.807) is 13.1 Å². The van der Waals surface area contributed by atoms with Crippen LogP contribution < -0.4 is 11.1 Å². The van der Waals surface area contributed by atoms with Gasteiger partial charge in [0.2, 0.25) is 0 Å². The summed E-state index contributed by atoms with van der Waals surface area (Å²) in [7, 11) is 1.62. The highest BCUT2D eigenvalue weighted by Crippen LogP contribution is 2.13. The highest BCUT2D eigenvalue weighted by atomic mass is 16.1. The summed E-state index contributed by atoms with van der Waals surface area (Å²) in [5.41, 5.74) is 7.91. The van der Waals surface area contributed by atoms with Gasteiger partial charge in [0.05, 0.1) is 0 Å². The fraction of sp³-hybridized carbons (Fsp3) is 0.300. The molecule has 0 saturated carbocycles. The quantitative estimate of drug-likeness (QED) is 0.668. The van der Waals surface area contributed by atoms with Gasteiger partial charge in [0.15, 0.2) is 0 Å². The van der Waals surface area contributed by atoms with E-state index >= 15 is 0 Å². The first-order chi connectivity index (χ1) is 6.19. The fourth-order valence-electron chi connectivity index (χ4n) is 1.25. The average molecular weight is 178 g/mol. The lowest BCUT2D eigenvalue weighted by Gasteiger charge is -2.06. The summed E-state index contributed by atoms with van der Waals surface area (Å²) in [6.45, 7) is 2.01. The third-order valence-corrected chi connectivity index (χ3v) is 1.99. The number of nitrogens with one attached hydrogen (secondary N) is 1. The Kier molecular flexibility index (Phi) is 2.90. The second-order valence-corrected chi connectivity index (χ2v) is 2.85. The van der Waals surface area contributed by atoms with E-state index in [9.17, 15) is 4.79 Å². The van der Waals surface area contributed by atoms with Crippen LogP contribution in [0.15, 0.2) is 18.2 Å². The zero-order valence-corrected chi connectivity index (χ0v) is 7.92. The van der Waals surface area contributed by atoms with E-state index in [0.29, 0.717) is 11.3 Å². The van der Waals surface area contributed by atoms with Crippen LogP contribution in [0, 0.1) is 0 Å². The second kappa shape index (κ2) is 3.94. The maximum atomic E-state index is 11.4. The van der Waals surface area contributed by atoms with Gasteiger partial charge in [-0.3, -0.25) is 4.79 Å². The maximum Gasteiger partial charge on any atom is 0.251 e. The van der Waals surface area contributed by atoms with Crippen LogP contribution in [0.2, 0.25) is 0 Å².